The van der Waals surface area contributed by atoms with Gasteiger partial charge in [0.1, 0.15) is 15.4 Å². The number of hydrogen-bond acceptors (Lipinski definition) is 1. The zero-order valence-corrected chi connectivity index (χ0v) is 6.82. The van der Waals surface area contributed by atoms with Gasteiger partial charge in [-0.1, -0.05) is 0 Å². The van der Waals surface area contributed by atoms with Crippen LogP contribution in [0.4, 0.5) is 17.6 Å². The third kappa shape index (κ3) is 3.46. The molecule has 0 bridgehead atoms. The largest absolute Gasteiger partial charge is 0.402 e. The Morgan fingerprint density at radius 1 is 1.42 bits per heavy atom. The molecular weight excluding hydrogens is 204 g/mol. The molecule has 0 aliphatic heterocycles. The standard InChI is InChI=1S/C4H8F4O3S/c1-3(5)12(9,10,11)2-4(6,7)8/h3H,2H2,1H3,(H2,9,10,11). The Morgan fingerprint density at radius 3 is 1.83 bits per heavy atom. The molecular formula is C4H8F4O3S. The van der Waals surface area contributed by atoms with Crippen molar-refractivity contribution in [1.82, 2.24) is 0 Å². The Balaban J connectivity index is 4.75. The van der Waals surface area contributed by atoms with Crippen LogP contribution < -0.4 is 0 Å². The summed E-state index contributed by atoms with van der Waals surface area (Å²) in [6.07, 6.45) is -5.08. The molecule has 0 aromatic carbocycles. The van der Waals surface area contributed by atoms with E-state index in [1.165, 1.54) is 0 Å². The summed E-state index contributed by atoms with van der Waals surface area (Å²) in [5, 5.41) is 0. The molecule has 0 aliphatic carbocycles. The SMILES string of the molecule is CC(F)S(=O)(O)(O)CC(F)(F)F. The number of hydrogen-bond donors (Lipinski definition) is 2. The van der Waals surface area contributed by atoms with Crippen molar-refractivity contribution in [3.05, 3.63) is 0 Å². The second-order valence-electron chi connectivity index (χ2n) is 2.38. The van der Waals surface area contributed by atoms with E-state index in [0.717, 1.165) is 0 Å². The molecule has 0 heterocycles. The van der Waals surface area contributed by atoms with E-state index < -0.39 is 27.1 Å². The van der Waals surface area contributed by atoms with Gasteiger partial charge in [0.05, 0.1) is 0 Å². The molecule has 0 aromatic heterocycles. The van der Waals surface area contributed by atoms with Crippen LogP contribution in [0.3, 0.4) is 0 Å². The summed E-state index contributed by atoms with van der Waals surface area (Å²) in [4.78, 5) is 0. The molecule has 8 heteroatoms. The van der Waals surface area contributed by atoms with Gasteiger partial charge in [-0.15, -0.1) is 0 Å². The lowest BCUT2D eigenvalue weighted by molar-refractivity contribution is -0.109. The highest BCUT2D eigenvalue weighted by molar-refractivity contribution is 8.10. The van der Waals surface area contributed by atoms with Crippen molar-refractivity contribution in [2.75, 3.05) is 5.75 Å². The lowest BCUT2D eigenvalue weighted by atomic mass is 10.8. The Bertz CT molecular complexity index is 227. The predicted octanol–water partition coefficient (Wildman–Crippen LogP) is 1.63. The molecule has 0 saturated carbocycles. The lowest BCUT2D eigenvalue weighted by Crippen LogP contribution is -2.48. The molecule has 1 unspecified atom stereocenters. The molecule has 2 N–H and O–H groups in total. The highest BCUT2D eigenvalue weighted by Crippen LogP contribution is 2.32. The van der Waals surface area contributed by atoms with E-state index >= 15 is 0 Å². The molecule has 0 rings (SSSR count). The molecule has 0 aliphatic rings. The van der Waals surface area contributed by atoms with Gasteiger partial charge < -0.3 is 9.11 Å². The minimum Gasteiger partial charge on any atom is -0.305 e. The highest BCUT2D eigenvalue weighted by Gasteiger charge is 2.48. The highest BCUT2D eigenvalue weighted by atomic mass is 32.3. The van der Waals surface area contributed by atoms with E-state index in [1.807, 2.05) is 0 Å². The Morgan fingerprint density at radius 2 is 1.75 bits per heavy atom. The van der Waals surface area contributed by atoms with Gasteiger partial charge in [0, 0.05) is 0 Å². The van der Waals surface area contributed by atoms with Crippen LogP contribution in [0.5, 0.6) is 0 Å². The van der Waals surface area contributed by atoms with Crippen LogP contribution in [0.25, 0.3) is 0 Å². The van der Waals surface area contributed by atoms with E-state index in [4.69, 9.17) is 9.11 Å². The predicted molar refractivity (Wildman–Crippen MR) is 34.9 cm³/mol. The quantitative estimate of drug-likeness (QED) is 0.684. The normalized spacial score (nSPS) is 19.8. The second kappa shape index (κ2) is 2.64. The average Bonchev–Trinajstić information content (AvgIpc) is 1.53. The number of alkyl halides is 4. The van der Waals surface area contributed by atoms with Gasteiger partial charge in [0.15, 0.2) is 5.50 Å². The molecule has 3 nitrogen and oxygen atoms in total. The van der Waals surface area contributed by atoms with Crippen LogP contribution >= 0.6 is 0 Å². The van der Waals surface area contributed by atoms with E-state index in [2.05, 4.69) is 0 Å². The maximum absolute atomic E-state index is 12.1. The Hall–Kier alpha value is -0.210. The van der Waals surface area contributed by atoms with E-state index in [-0.39, 0.29) is 0 Å². The van der Waals surface area contributed by atoms with Gasteiger partial charge in [-0.25, -0.2) is 8.60 Å². The summed E-state index contributed by atoms with van der Waals surface area (Å²) >= 11 is 0. The molecule has 0 spiro atoms. The van der Waals surface area contributed by atoms with Crippen molar-refractivity contribution in [2.24, 2.45) is 0 Å². The monoisotopic (exact) mass is 212 g/mol. The number of rotatable bonds is 2. The first-order valence-corrected chi connectivity index (χ1v) is 4.88. The van der Waals surface area contributed by atoms with E-state index in [9.17, 15) is 21.8 Å². The maximum Gasteiger partial charge on any atom is 0.402 e. The topological polar surface area (TPSA) is 57.5 Å². The van der Waals surface area contributed by atoms with Crippen molar-refractivity contribution < 1.29 is 30.9 Å². The summed E-state index contributed by atoms with van der Waals surface area (Å²) in [6.45, 7) is 0.389. The Labute approximate surface area is 65.8 Å². The van der Waals surface area contributed by atoms with E-state index in [1.54, 1.807) is 0 Å². The molecule has 76 valence electrons. The summed E-state index contributed by atoms with van der Waals surface area (Å²) in [7, 11) is -6.18. The van der Waals surface area contributed by atoms with Crippen LogP contribution in [-0.2, 0) is 9.63 Å². The van der Waals surface area contributed by atoms with Crippen LogP contribution in [0.1, 0.15) is 6.92 Å². The van der Waals surface area contributed by atoms with Gasteiger partial charge in [0.2, 0.25) is 0 Å². The zero-order chi connectivity index (χ0) is 10.2. The number of halogens is 4. The van der Waals surface area contributed by atoms with Crippen LogP contribution in [0.2, 0.25) is 0 Å². The average molecular weight is 212 g/mol. The van der Waals surface area contributed by atoms with Gasteiger partial charge in [-0.05, 0) is 6.92 Å². The minimum absolute atomic E-state index is 0.389. The van der Waals surface area contributed by atoms with Crippen LogP contribution in [0.15, 0.2) is 0 Å². The lowest BCUT2D eigenvalue weighted by Gasteiger charge is -2.32. The fourth-order valence-electron chi connectivity index (χ4n) is 0.423. The maximum atomic E-state index is 12.1. The molecule has 1 atom stereocenters. The van der Waals surface area contributed by atoms with Gasteiger partial charge >= 0.3 is 6.18 Å². The first-order chi connectivity index (χ1) is 4.92. The smallest absolute Gasteiger partial charge is 0.305 e. The third-order valence-electron chi connectivity index (χ3n) is 1.09. The molecule has 0 amide bonds. The summed E-state index contributed by atoms with van der Waals surface area (Å²) in [5.41, 5.74) is -2.83. The fourth-order valence-corrected chi connectivity index (χ4v) is 1.27. The van der Waals surface area contributed by atoms with Gasteiger partial charge in [0.25, 0.3) is 0 Å². The second-order valence-corrected chi connectivity index (χ2v) is 5.48. The molecule has 12 heavy (non-hydrogen) atoms. The van der Waals surface area contributed by atoms with Gasteiger partial charge in [-0.2, -0.15) is 13.2 Å². The first-order valence-electron chi connectivity index (χ1n) is 2.77. The van der Waals surface area contributed by atoms with Crippen LogP contribution in [0, 0.1) is 0 Å². The molecule has 0 fully saturated rings. The van der Waals surface area contributed by atoms with E-state index in [0.29, 0.717) is 6.92 Å². The van der Waals surface area contributed by atoms with Crippen molar-refractivity contribution in [2.45, 2.75) is 18.6 Å². The molecule has 0 saturated heterocycles. The molecule has 0 radical (unpaired) electrons. The van der Waals surface area contributed by atoms with Gasteiger partial charge in [-0.3, -0.25) is 0 Å². The van der Waals surface area contributed by atoms with Crippen LogP contribution in [-0.4, -0.2) is 30.7 Å². The Kier molecular flexibility index (Phi) is 2.59. The first kappa shape index (κ1) is 11.8. The fraction of sp³-hybridized carbons (Fsp3) is 1.00. The summed E-state index contributed by atoms with van der Waals surface area (Å²) < 4.78 is 74.0. The zero-order valence-electron chi connectivity index (χ0n) is 6.01. The minimum atomic E-state index is -6.18. The molecule has 0 aromatic rings. The van der Waals surface area contributed by atoms with Crippen molar-refractivity contribution in [1.29, 1.82) is 0 Å². The van der Waals surface area contributed by atoms with Crippen molar-refractivity contribution in [3.8, 4) is 0 Å². The summed E-state index contributed by atoms with van der Waals surface area (Å²) in [6, 6.07) is 0. The summed E-state index contributed by atoms with van der Waals surface area (Å²) in [5.74, 6) is -2.44. The van der Waals surface area contributed by atoms with Crippen molar-refractivity contribution >= 4 is 9.63 Å². The third-order valence-corrected chi connectivity index (χ3v) is 3.26. The van der Waals surface area contributed by atoms with Crippen molar-refractivity contribution in [3.63, 3.8) is 0 Å².